The van der Waals surface area contributed by atoms with Crippen LogP contribution in [-0.4, -0.2) is 16.7 Å². The van der Waals surface area contributed by atoms with E-state index >= 15 is 0 Å². The Bertz CT molecular complexity index is 226. The van der Waals surface area contributed by atoms with Crippen LogP contribution >= 0.6 is 0 Å². The summed E-state index contributed by atoms with van der Waals surface area (Å²) < 4.78 is 0. The topological polar surface area (TPSA) is 59.1 Å². The van der Waals surface area contributed by atoms with Crippen LogP contribution in [0.1, 0.15) is 30.9 Å². The molecule has 0 aliphatic carbocycles. The minimum absolute atomic E-state index is 0.0558. The van der Waals surface area contributed by atoms with Gasteiger partial charge in [0.2, 0.25) is 0 Å². The highest BCUT2D eigenvalue weighted by Gasteiger charge is 2.04. The van der Waals surface area contributed by atoms with Crippen LogP contribution in [0.3, 0.4) is 0 Å². The Labute approximate surface area is 78.6 Å². The second kappa shape index (κ2) is 5.67. The number of nitrogens with zero attached hydrogens (tertiary/aromatic N) is 1. The summed E-state index contributed by atoms with van der Waals surface area (Å²) >= 11 is 0. The number of pyridine rings is 1. The number of aromatic nitrogens is 1. The average Bonchev–Trinajstić information content (AvgIpc) is 2.19. The molecule has 1 rings (SSSR count). The molecule has 1 aromatic heterocycles. The molecular weight excluding hydrogens is 164 g/mol. The van der Waals surface area contributed by atoms with Gasteiger partial charge in [-0.2, -0.15) is 0 Å². The van der Waals surface area contributed by atoms with Crippen LogP contribution in [0.5, 0.6) is 0 Å². The Hall–Kier alpha value is -0.930. The quantitative estimate of drug-likeness (QED) is 0.670. The first-order valence-corrected chi connectivity index (χ1v) is 4.61. The van der Waals surface area contributed by atoms with Crippen molar-refractivity contribution in [3.63, 3.8) is 0 Å². The van der Waals surface area contributed by atoms with Crippen LogP contribution in [0.2, 0.25) is 0 Å². The smallest absolute Gasteiger partial charge is 0.0431 e. The fourth-order valence-electron chi connectivity index (χ4n) is 1.24. The SMILES string of the molecule is N[C@H](CCCCO)c1cccnc1. The molecule has 0 saturated carbocycles. The fourth-order valence-corrected chi connectivity index (χ4v) is 1.24. The van der Waals surface area contributed by atoms with Gasteiger partial charge in [-0.3, -0.25) is 4.98 Å². The monoisotopic (exact) mass is 180 g/mol. The molecule has 0 amide bonds. The molecule has 72 valence electrons. The van der Waals surface area contributed by atoms with Crippen LogP contribution < -0.4 is 5.73 Å². The van der Waals surface area contributed by atoms with Crippen LogP contribution in [0.4, 0.5) is 0 Å². The zero-order valence-corrected chi connectivity index (χ0v) is 7.69. The molecular formula is C10H16N2O. The molecule has 0 spiro atoms. The van der Waals surface area contributed by atoms with E-state index in [2.05, 4.69) is 4.98 Å². The number of unbranched alkanes of at least 4 members (excludes halogenated alkanes) is 1. The third kappa shape index (κ3) is 3.53. The van der Waals surface area contributed by atoms with Crippen molar-refractivity contribution in [2.75, 3.05) is 6.61 Å². The molecule has 0 aliphatic heterocycles. The Morgan fingerprint density at radius 3 is 2.92 bits per heavy atom. The lowest BCUT2D eigenvalue weighted by atomic mass is 10.0. The van der Waals surface area contributed by atoms with Crippen LogP contribution in [0.25, 0.3) is 0 Å². The van der Waals surface area contributed by atoms with Crippen LogP contribution in [0, 0.1) is 0 Å². The van der Waals surface area contributed by atoms with Crippen molar-refractivity contribution >= 4 is 0 Å². The van der Waals surface area contributed by atoms with Crippen molar-refractivity contribution in [2.24, 2.45) is 5.73 Å². The number of nitrogens with two attached hydrogens (primary N) is 1. The summed E-state index contributed by atoms with van der Waals surface area (Å²) in [5.41, 5.74) is 6.98. The van der Waals surface area contributed by atoms with E-state index in [0.29, 0.717) is 0 Å². The first-order valence-electron chi connectivity index (χ1n) is 4.61. The third-order valence-corrected chi connectivity index (χ3v) is 2.04. The maximum Gasteiger partial charge on any atom is 0.0431 e. The molecule has 1 heterocycles. The standard InChI is InChI=1S/C10H16N2O/c11-10(5-1-2-7-13)9-4-3-6-12-8-9/h3-4,6,8,10,13H,1-2,5,7,11H2/t10-/m1/s1. The molecule has 3 N–H and O–H groups in total. The zero-order chi connectivity index (χ0) is 9.52. The average molecular weight is 180 g/mol. The van der Waals surface area contributed by atoms with Crippen LogP contribution in [0.15, 0.2) is 24.5 Å². The van der Waals surface area contributed by atoms with Gasteiger partial charge in [0.1, 0.15) is 0 Å². The van der Waals surface area contributed by atoms with Gasteiger partial charge in [0, 0.05) is 25.0 Å². The molecule has 0 aliphatic rings. The lowest BCUT2D eigenvalue weighted by molar-refractivity contribution is 0.281. The van der Waals surface area contributed by atoms with Crippen molar-refractivity contribution in [1.29, 1.82) is 0 Å². The summed E-state index contributed by atoms with van der Waals surface area (Å²) in [5.74, 6) is 0. The second-order valence-electron chi connectivity index (χ2n) is 3.11. The Kier molecular flexibility index (Phi) is 4.43. The van der Waals surface area contributed by atoms with E-state index in [4.69, 9.17) is 10.8 Å². The van der Waals surface area contributed by atoms with Crippen molar-refractivity contribution < 1.29 is 5.11 Å². The highest BCUT2D eigenvalue weighted by Crippen LogP contribution is 2.14. The molecule has 3 nitrogen and oxygen atoms in total. The molecule has 3 heteroatoms. The molecule has 13 heavy (non-hydrogen) atoms. The molecule has 0 radical (unpaired) electrons. The lowest BCUT2D eigenvalue weighted by Gasteiger charge is -2.10. The van der Waals surface area contributed by atoms with Crippen molar-refractivity contribution in [3.8, 4) is 0 Å². The fraction of sp³-hybridized carbons (Fsp3) is 0.500. The van der Waals surface area contributed by atoms with Crippen LogP contribution in [-0.2, 0) is 0 Å². The van der Waals surface area contributed by atoms with Crippen molar-refractivity contribution in [2.45, 2.75) is 25.3 Å². The third-order valence-electron chi connectivity index (χ3n) is 2.04. The minimum Gasteiger partial charge on any atom is -0.396 e. The van der Waals surface area contributed by atoms with Gasteiger partial charge in [0.15, 0.2) is 0 Å². The summed E-state index contributed by atoms with van der Waals surface area (Å²) in [6.07, 6.45) is 6.24. The van der Waals surface area contributed by atoms with E-state index in [0.717, 1.165) is 24.8 Å². The van der Waals surface area contributed by atoms with Gasteiger partial charge >= 0.3 is 0 Å². The Morgan fingerprint density at radius 2 is 2.31 bits per heavy atom. The Balaban J connectivity index is 2.35. The van der Waals surface area contributed by atoms with Gasteiger partial charge < -0.3 is 10.8 Å². The van der Waals surface area contributed by atoms with E-state index < -0.39 is 0 Å². The maximum atomic E-state index is 8.60. The molecule has 1 atom stereocenters. The number of hydrogen-bond donors (Lipinski definition) is 2. The van der Waals surface area contributed by atoms with Crippen molar-refractivity contribution in [1.82, 2.24) is 4.98 Å². The molecule has 0 unspecified atom stereocenters. The van der Waals surface area contributed by atoms with E-state index in [1.54, 1.807) is 12.4 Å². The van der Waals surface area contributed by atoms with Gasteiger partial charge in [-0.05, 0) is 30.9 Å². The Morgan fingerprint density at radius 1 is 1.46 bits per heavy atom. The minimum atomic E-state index is 0.0558. The van der Waals surface area contributed by atoms with Crippen molar-refractivity contribution in [3.05, 3.63) is 30.1 Å². The number of hydrogen-bond acceptors (Lipinski definition) is 3. The number of aliphatic hydroxyl groups is 1. The highest BCUT2D eigenvalue weighted by atomic mass is 16.2. The summed E-state index contributed by atoms with van der Waals surface area (Å²) in [7, 11) is 0. The maximum absolute atomic E-state index is 8.60. The summed E-state index contributed by atoms with van der Waals surface area (Å²) in [6.45, 7) is 0.250. The van der Waals surface area contributed by atoms with Gasteiger partial charge in [0.05, 0.1) is 0 Å². The predicted octanol–water partition coefficient (Wildman–Crippen LogP) is 1.24. The lowest BCUT2D eigenvalue weighted by Crippen LogP contribution is -2.10. The molecule has 1 aromatic rings. The molecule has 0 bridgehead atoms. The van der Waals surface area contributed by atoms with E-state index in [1.807, 2.05) is 12.1 Å². The number of rotatable bonds is 5. The zero-order valence-electron chi connectivity index (χ0n) is 7.69. The van der Waals surface area contributed by atoms with Gasteiger partial charge in [-0.15, -0.1) is 0 Å². The normalized spacial score (nSPS) is 12.8. The molecule has 0 aromatic carbocycles. The van der Waals surface area contributed by atoms with Gasteiger partial charge in [-0.25, -0.2) is 0 Å². The first kappa shape index (κ1) is 10.2. The first-order chi connectivity index (χ1) is 6.34. The highest BCUT2D eigenvalue weighted by molar-refractivity contribution is 5.12. The predicted molar refractivity (Wildman–Crippen MR) is 52.1 cm³/mol. The van der Waals surface area contributed by atoms with E-state index in [9.17, 15) is 0 Å². The largest absolute Gasteiger partial charge is 0.396 e. The summed E-state index contributed by atoms with van der Waals surface area (Å²) in [6, 6.07) is 3.93. The summed E-state index contributed by atoms with van der Waals surface area (Å²) in [4.78, 5) is 4.00. The van der Waals surface area contributed by atoms with E-state index in [-0.39, 0.29) is 12.6 Å². The summed E-state index contributed by atoms with van der Waals surface area (Å²) in [5, 5.41) is 8.60. The number of aliphatic hydroxyl groups excluding tert-OH is 1. The molecule has 0 saturated heterocycles. The van der Waals surface area contributed by atoms with E-state index in [1.165, 1.54) is 0 Å². The van der Waals surface area contributed by atoms with Gasteiger partial charge in [-0.1, -0.05) is 6.07 Å². The second-order valence-corrected chi connectivity index (χ2v) is 3.11. The van der Waals surface area contributed by atoms with Gasteiger partial charge in [0.25, 0.3) is 0 Å². The molecule has 0 fully saturated rings.